The first-order valence-corrected chi connectivity index (χ1v) is 5.93. The molecule has 1 atom stereocenters. The SMILES string of the molecule is CCCCCC1C(=O)N(N)c2ccccc21. The third-order valence-electron chi connectivity index (χ3n) is 3.20. The monoisotopic (exact) mass is 218 g/mol. The van der Waals surface area contributed by atoms with Gasteiger partial charge in [0.05, 0.1) is 11.6 Å². The minimum absolute atomic E-state index is 0.0206. The Bertz CT molecular complexity index is 389. The molecule has 2 N–H and O–H groups in total. The van der Waals surface area contributed by atoms with Crippen LogP contribution >= 0.6 is 0 Å². The number of nitrogens with two attached hydrogens (primary N) is 1. The number of amides is 1. The molecule has 3 heteroatoms. The molecular formula is C13H18N2O. The maximum Gasteiger partial charge on any atom is 0.248 e. The van der Waals surface area contributed by atoms with E-state index in [4.69, 9.17) is 5.84 Å². The summed E-state index contributed by atoms with van der Waals surface area (Å²) in [5.74, 6) is 5.79. The molecular weight excluding hydrogens is 200 g/mol. The molecule has 2 rings (SSSR count). The number of nitrogens with zero attached hydrogens (tertiary/aromatic N) is 1. The van der Waals surface area contributed by atoms with Crippen LogP contribution < -0.4 is 10.9 Å². The second-order valence-corrected chi connectivity index (χ2v) is 4.32. The minimum atomic E-state index is -0.0206. The number of hydrogen-bond donors (Lipinski definition) is 1. The van der Waals surface area contributed by atoms with Gasteiger partial charge in [0, 0.05) is 0 Å². The van der Waals surface area contributed by atoms with Crippen LogP contribution in [0.1, 0.15) is 44.1 Å². The van der Waals surface area contributed by atoms with Gasteiger partial charge in [0.2, 0.25) is 5.91 Å². The van der Waals surface area contributed by atoms with E-state index < -0.39 is 0 Å². The number of para-hydroxylation sites is 1. The van der Waals surface area contributed by atoms with E-state index in [0.29, 0.717) is 0 Å². The van der Waals surface area contributed by atoms with Crippen molar-refractivity contribution in [2.45, 2.75) is 38.5 Å². The summed E-state index contributed by atoms with van der Waals surface area (Å²) in [6.07, 6.45) is 4.36. The molecule has 1 aliphatic heterocycles. The fourth-order valence-electron chi connectivity index (χ4n) is 2.30. The topological polar surface area (TPSA) is 46.3 Å². The Kier molecular flexibility index (Phi) is 3.25. The van der Waals surface area contributed by atoms with E-state index in [2.05, 4.69) is 6.92 Å². The average Bonchev–Trinajstić information content (AvgIpc) is 2.55. The number of carbonyl (C=O) groups excluding carboxylic acids is 1. The Morgan fingerprint density at radius 3 is 2.81 bits per heavy atom. The fraction of sp³-hybridized carbons (Fsp3) is 0.462. The summed E-state index contributed by atoms with van der Waals surface area (Å²) in [5, 5.41) is 1.30. The highest BCUT2D eigenvalue weighted by Gasteiger charge is 2.34. The number of fused-ring (bicyclic) bond motifs is 1. The summed E-state index contributed by atoms with van der Waals surface area (Å²) >= 11 is 0. The van der Waals surface area contributed by atoms with Crippen LogP contribution in [-0.4, -0.2) is 5.91 Å². The number of benzene rings is 1. The molecule has 0 aromatic heterocycles. The maximum atomic E-state index is 12.0. The van der Waals surface area contributed by atoms with Crippen molar-refractivity contribution in [2.75, 3.05) is 5.01 Å². The summed E-state index contributed by atoms with van der Waals surface area (Å²) in [6, 6.07) is 7.81. The van der Waals surface area contributed by atoms with Crippen molar-refractivity contribution >= 4 is 11.6 Å². The highest BCUT2D eigenvalue weighted by molar-refractivity contribution is 6.03. The lowest BCUT2D eigenvalue weighted by molar-refractivity contribution is -0.119. The zero-order chi connectivity index (χ0) is 11.5. The highest BCUT2D eigenvalue weighted by Crippen LogP contribution is 2.37. The van der Waals surface area contributed by atoms with Crippen LogP contribution in [0.5, 0.6) is 0 Å². The molecule has 86 valence electrons. The average molecular weight is 218 g/mol. The number of unbranched alkanes of at least 4 members (excludes halogenated alkanes) is 2. The van der Waals surface area contributed by atoms with Gasteiger partial charge in [0.15, 0.2) is 0 Å². The summed E-state index contributed by atoms with van der Waals surface area (Å²) in [5.41, 5.74) is 1.96. The van der Waals surface area contributed by atoms with Crippen molar-refractivity contribution in [2.24, 2.45) is 5.84 Å². The van der Waals surface area contributed by atoms with E-state index in [9.17, 15) is 4.79 Å². The van der Waals surface area contributed by atoms with Crippen molar-refractivity contribution in [1.29, 1.82) is 0 Å². The van der Waals surface area contributed by atoms with Crippen LogP contribution in [0.4, 0.5) is 5.69 Å². The van der Waals surface area contributed by atoms with E-state index in [1.54, 1.807) is 0 Å². The molecule has 1 aromatic carbocycles. The van der Waals surface area contributed by atoms with E-state index >= 15 is 0 Å². The van der Waals surface area contributed by atoms with Crippen LogP contribution in [0.2, 0.25) is 0 Å². The molecule has 1 amide bonds. The lowest BCUT2D eigenvalue weighted by Gasteiger charge is -2.10. The molecule has 1 heterocycles. The number of hydrazine groups is 1. The van der Waals surface area contributed by atoms with Gasteiger partial charge in [-0.2, -0.15) is 0 Å². The van der Waals surface area contributed by atoms with E-state index in [1.165, 1.54) is 17.9 Å². The van der Waals surface area contributed by atoms with Gasteiger partial charge in [-0.05, 0) is 18.1 Å². The second kappa shape index (κ2) is 4.66. The van der Waals surface area contributed by atoms with E-state index in [-0.39, 0.29) is 11.8 Å². The molecule has 0 aliphatic carbocycles. The molecule has 1 unspecified atom stereocenters. The van der Waals surface area contributed by atoms with Crippen LogP contribution in [0.3, 0.4) is 0 Å². The molecule has 1 aromatic rings. The summed E-state index contributed by atoms with van der Waals surface area (Å²) in [4.78, 5) is 12.0. The summed E-state index contributed by atoms with van der Waals surface area (Å²) in [6.45, 7) is 2.17. The molecule has 0 saturated carbocycles. The lowest BCUT2D eigenvalue weighted by atomic mass is 9.95. The predicted octanol–water partition coefficient (Wildman–Crippen LogP) is 2.57. The standard InChI is InChI=1S/C13H18N2O/c1-2-3-4-8-11-10-7-5-6-9-12(10)15(14)13(11)16/h5-7,9,11H,2-4,8,14H2,1H3. The van der Waals surface area contributed by atoms with Crippen molar-refractivity contribution in [1.82, 2.24) is 0 Å². The molecule has 0 bridgehead atoms. The number of rotatable bonds is 4. The van der Waals surface area contributed by atoms with Gasteiger partial charge >= 0.3 is 0 Å². The third-order valence-corrected chi connectivity index (χ3v) is 3.20. The van der Waals surface area contributed by atoms with Gasteiger partial charge in [-0.3, -0.25) is 4.79 Å². The van der Waals surface area contributed by atoms with Gasteiger partial charge in [0.1, 0.15) is 0 Å². The second-order valence-electron chi connectivity index (χ2n) is 4.32. The van der Waals surface area contributed by atoms with Gasteiger partial charge < -0.3 is 0 Å². The first-order chi connectivity index (χ1) is 7.75. The van der Waals surface area contributed by atoms with Crippen LogP contribution in [-0.2, 0) is 4.79 Å². The number of carbonyl (C=O) groups is 1. The van der Waals surface area contributed by atoms with Gasteiger partial charge in [-0.15, -0.1) is 0 Å². The Morgan fingerprint density at radius 1 is 1.31 bits per heavy atom. The minimum Gasteiger partial charge on any atom is -0.272 e. The van der Waals surface area contributed by atoms with Gasteiger partial charge in [-0.1, -0.05) is 44.4 Å². The Hall–Kier alpha value is -1.35. The van der Waals surface area contributed by atoms with Crippen molar-refractivity contribution in [3.63, 3.8) is 0 Å². The largest absolute Gasteiger partial charge is 0.272 e. The molecule has 0 saturated heterocycles. The van der Waals surface area contributed by atoms with Crippen LogP contribution in [0, 0.1) is 0 Å². The van der Waals surface area contributed by atoms with Gasteiger partial charge in [-0.25, -0.2) is 10.9 Å². The van der Waals surface area contributed by atoms with E-state index in [0.717, 1.165) is 24.1 Å². The maximum absolute atomic E-state index is 12.0. The lowest BCUT2D eigenvalue weighted by Crippen LogP contribution is -2.35. The number of anilines is 1. The van der Waals surface area contributed by atoms with Crippen LogP contribution in [0.25, 0.3) is 0 Å². The zero-order valence-electron chi connectivity index (χ0n) is 9.65. The third kappa shape index (κ3) is 1.83. The van der Waals surface area contributed by atoms with Crippen LogP contribution in [0.15, 0.2) is 24.3 Å². The van der Waals surface area contributed by atoms with Gasteiger partial charge in [0.25, 0.3) is 0 Å². The Balaban J connectivity index is 2.17. The summed E-state index contributed by atoms with van der Waals surface area (Å²) < 4.78 is 0. The number of hydrogen-bond acceptors (Lipinski definition) is 2. The zero-order valence-corrected chi connectivity index (χ0v) is 9.65. The molecule has 16 heavy (non-hydrogen) atoms. The van der Waals surface area contributed by atoms with Crippen molar-refractivity contribution < 1.29 is 4.79 Å². The summed E-state index contributed by atoms with van der Waals surface area (Å²) in [7, 11) is 0. The fourth-order valence-corrected chi connectivity index (χ4v) is 2.30. The molecule has 1 aliphatic rings. The first kappa shape index (κ1) is 11.1. The highest BCUT2D eigenvalue weighted by atomic mass is 16.2. The normalized spacial score (nSPS) is 19.0. The molecule has 0 radical (unpaired) electrons. The Morgan fingerprint density at radius 2 is 2.06 bits per heavy atom. The first-order valence-electron chi connectivity index (χ1n) is 5.93. The molecule has 0 fully saturated rings. The van der Waals surface area contributed by atoms with E-state index in [1.807, 2.05) is 24.3 Å². The predicted molar refractivity (Wildman–Crippen MR) is 65.0 cm³/mol. The quantitative estimate of drug-likeness (QED) is 0.479. The van der Waals surface area contributed by atoms with Crippen molar-refractivity contribution in [3.05, 3.63) is 29.8 Å². The Labute approximate surface area is 96.2 Å². The molecule has 3 nitrogen and oxygen atoms in total. The smallest absolute Gasteiger partial charge is 0.248 e. The molecule has 0 spiro atoms. The van der Waals surface area contributed by atoms with Crippen molar-refractivity contribution in [3.8, 4) is 0 Å².